The molecule has 0 aliphatic carbocycles. The number of carboxylic acids is 1. The lowest BCUT2D eigenvalue weighted by molar-refractivity contribution is -0.141. The molecule has 0 aromatic heterocycles. The average Bonchev–Trinajstić information content (AvgIpc) is 2.54. The topological polar surface area (TPSA) is 66.4 Å². The molecule has 7 heteroatoms. The quantitative estimate of drug-likeness (QED) is 0.434. The van der Waals surface area contributed by atoms with Crippen LogP contribution < -0.4 is 5.32 Å². The van der Waals surface area contributed by atoms with E-state index in [1.165, 1.54) is 16.7 Å². The highest BCUT2D eigenvalue weighted by atomic mass is 32.2. The molecular weight excluding hydrogens is 350 g/mol. The Bertz CT molecular complexity index is 508. The summed E-state index contributed by atoms with van der Waals surface area (Å²) in [6.07, 6.45) is 0. The number of aliphatic carboxylic acids is 1. The first-order valence-corrected chi connectivity index (χ1v) is 10.2. The summed E-state index contributed by atoms with van der Waals surface area (Å²) in [4.78, 5) is 24.3. The number of carbonyl (C=O) groups is 2. The average molecular weight is 374 g/mol. The van der Waals surface area contributed by atoms with Gasteiger partial charge in [-0.25, -0.2) is 4.79 Å². The number of carboxylic acid groups (broad SMARTS) is 1. The van der Waals surface area contributed by atoms with Gasteiger partial charge in [-0.2, -0.15) is 24.4 Å². The lowest BCUT2D eigenvalue weighted by Crippen LogP contribution is -2.45. The van der Waals surface area contributed by atoms with Gasteiger partial charge in [-0.15, -0.1) is 11.8 Å². The van der Waals surface area contributed by atoms with Gasteiger partial charge >= 0.3 is 5.97 Å². The Morgan fingerprint density at radius 2 is 1.96 bits per heavy atom. The van der Waals surface area contributed by atoms with Crippen LogP contribution in [0.25, 0.3) is 0 Å². The number of nitrogens with one attached hydrogen (secondary N) is 1. The third-order valence-corrected chi connectivity index (χ3v) is 5.67. The zero-order chi connectivity index (χ0) is 17.2. The Balaban J connectivity index is 2.46. The fraction of sp³-hybridized carbons (Fsp3) is 0.500. The molecule has 0 aliphatic heterocycles. The third-order valence-electron chi connectivity index (χ3n) is 3.12. The zero-order valence-corrected chi connectivity index (χ0v) is 15.8. The maximum Gasteiger partial charge on any atom is 0.327 e. The highest BCUT2D eigenvalue weighted by Gasteiger charge is 2.22. The fourth-order valence-electron chi connectivity index (χ4n) is 1.71. The smallest absolute Gasteiger partial charge is 0.327 e. The molecule has 0 aliphatic rings. The van der Waals surface area contributed by atoms with Gasteiger partial charge in [0, 0.05) is 28.1 Å². The molecule has 1 rings (SSSR count). The first kappa shape index (κ1) is 20.3. The number of thiol groups is 1. The van der Waals surface area contributed by atoms with Crippen molar-refractivity contribution in [2.24, 2.45) is 5.92 Å². The number of hydrogen-bond acceptors (Lipinski definition) is 5. The minimum atomic E-state index is -1.01. The highest BCUT2D eigenvalue weighted by molar-refractivity contribution is 7.99. The van der Waals surface area contributed by atoms with Gasteiger partial charge in [-0.1, -0.05) is 26.0 Å². The fourth-order valence-corrected chi connectivity index (χ4v) is 3.55. The van der Waals surface area contributed by atoms with Crippen LogP contribution in [-0.4, -0.2) is 40.3 Å². The van der Waals surface area contributed by atoms with Crippen molar-refractivity contribution in [3.05, 3.63) is 29.8 Å². The van der Waals surface area contributed by atoms with Gasteiger partial charge in [-0.3, -0.25) is 4.79 Å². The Hall–Kier alpha value is -0.790. The molecule has 2 N–H and O–H groups in total. The van der Waals surface area contributed by atoms with E-state index in [0.29, 0.717) is 11.5 Å². The Morgan fingerprint density at radius 1 is 1.30 bits per heavy atom. The van der Waals surface area contributed by atoms with Crippen LogP contribution in [-0.2, 0) is 15.3 Å². The molecule has 2 atom stereocenters. The van der Waals surface area contributed by atoms with Crippen LogP contribution in [0, 0.1) is 5.92 Å². The van der Waals surface area contributed by atoms with Crippen LogP contribution in [0.4, 0.5) is 0 Å². The van der Waals surface area contributed by atoms with Gasteiger partial charge in [0.1, 0.15) is 6.04 Å². The number of rotatable bonds is 10. The molecule has 23 heavy (non-hydrogen) atoms. The molecule has 0 radical (unpaired) electrons. The van der Waals surface area contributed by atoms with E-state index in [1.807, 2.05) is 0 Å². The van der Waals surface area contributed by atoms with Gasteiger partial charge in [0.15, 0.2) is 0 Å². The lowest BCUT2D eigenvalue weighted by atomic mass is 10.2. The van der Waals surface area contributed by atoms with Gasteiger partial charge in [0.25, 0.3) is 0 Å². The van der Waals surface area contributed by atoms with E-state index in [1.54, 1.807) is 18.7 Å². The summed E-state index contributed by atoms with van der Waals surface area (Å²) in [5.41, 5.74) is 1.15. The normalized spacial score (nSPS) is 13.3. The van der Waals surface area contributed by atoms with E-state index in [9.17, 15) is 14.7 Å². The summed E-state index contributed by atoms with van der Waals surface area (Å²) in [7, 11) is 0. The van der Waals surface area contributed by atoms with Crippen LogP contribution in [0.5, 0.6) is 0 Å². The summed E-state index contributed by atoms with van der Waals surface area (Å²) in [6.45, 7) is 3.84. The van der Waals surface area contributed by atoms with Crippen molar-refractivity contribution in [2.45, 2.75) is 30.5 Å². The predicted molar refractivity (Wildman–Crippen MR) is 102 cm³/mol. The maximum absolute atomic E-state index is 11.8. The first-order chi connectivity index (χ1) is 11.0. The maximum atomic E-state index is 11.8. The second-order valence-corrected chi connectivity index (χ2v) is 7.81. The number of hydrogen-bond donors (Lipinski definition) is 3. The Labute approximate surface area is 151 Å². The van der Waals surface area contributed by atoms with Crippen LogP contribution in [0.3, 0.4) is 0 Å². The van der Waals surface area contributed by atoms with Crippen LogP contribution in [0.1, 0.15) is 19.4 Å². The third kappa shape index (κ3) is 7.54. The number of benzene rings is 1. The van der Waals surface area contributed by atoms with Gasteiger partial charge in [0.2, 0.25) is 5.91 Å². The Kier molecular flexibility index (Phi) is 9.59. The Morgan fingerprint density at radius 3 is 2.48 bits per heavy atom. The van der Waals surface area contributed by atoms with Crippen molar-refractivity contribution in [1.82, 2.24) is 5.32 Å². The van der Waals surface area contributed by atoms with Crippen molar-refractivity contribution < 1.29 is 14.7 Å². The van der Waals surface area contributed by atoms with Crippen molar-refractivity contribution in [3.8, 4) is 0 Å². The van der Waals surface area contributed by atoms with E-state index < -0.39 is 12.0 Å². The molecule has 0 heterocycles. The second kappa shape index (κ2) is 10.9. The van der Waals surface area contributed by atoms with Crippen LogP contribution in [0.15, 0.2) is 29.2 Å². The number of carbonyl (C=O) groups excluding carboxylic acids is 1. The standard InChI is InChI=1S/C16H23NO3S3/c1-3-23-13-6-4-12(5-7-13)9-22-10-14(16(19)20)17-15(18)11(2)8-21/h4-7,11,14,21H,3,8-10H2,1-2H3,(H,17,18)(H,19,20)/t11-,14+/m1/s1. The van der Waals surface area contributed by atoms with E-state index in [-0.39, 0.29) is 11.8 Å². The van der Waals surface area contributed by atoms with Crippen LogP contribution in [0.2, 0.25) is 0 Å². The monoisotopic (exact) mass is 373 g/mol. The van der Waals surface area contributed by atoms with Gasteiger partial charge < -0.3 is 10.4 Å². The molecule has 0 saturated heterocycles. The SMILES string of the molecule is CCSc1ccc(CSC[C@H](NC(=O)[C@H](C)CS)C(=O)O)cc1. The summed E-state index contributed by atoms with van der Waals surface area (Å²) in [5.74, 6) is 0.923. The van der Waals surface area contributed by atoms with E-state index in [2.05, 4.69) is 49.1 Å². The van der Waals surface area contributed by atoms with Crippen molar-refractivity contribution >= 4 is 48.0 Å². The zero-order valence-electron chi connectivity index (χ0n) is 13.3. The van der Waals surface area contributed by atoms with E-state index >= 15 is 0 Å². The second-order valence-electron chi connectivity index (χ2n) is 5.08. The molecule has 0 bridgehead atoms. The molecular formula is C16H23NO3S3. The van der Waals surface area contributed by atoms with Crippen molar-refractivity contribution in [1.29, 1.82) is 0 Å². The van der Waals surface area contributed by atoms with Crippen molar-refractivity contribution in [3.63, 3.8) is 0 Å². The molecule has 128 valence electrons. The molecule has 1 amide bonds. The molecule has 0 fully saturated rings. The lowest BCUT2D eigenvalue weighted by Gasteiger charge is -2.16. The largest absolute Gasteiger partial charge is 0.480 e. The predicted octanol–water partition coefficient (Wildman–Crippen LogP) is 3.17. The molecule has 0 spiro atoms. The van der Waals surface area contributed by atoms with Gasteiger partial charge in [-0.05, 0) is 23.4 Å². The van der Waals surface area contributed by atoms with Gasteiger partial charge in [0.05, 0.1) is 0 Å². The summed E-state index contributed by atoms with van der Waals surface area (Å²) in [6, 6.07) is 7.40. The minimum Gasteiger partial charge on any atom is -0.480 e. The molecule has 1 aromatic carbocycles. The molecule has 0 unspecified atom stereocenters. The summed E-state index contributed by atoms with van der Waals surface area (Å²) >= 11 is 7.35. The van der Waals surface area contributed by atoms with Crippen molar-refractivity contribution in [2.75, 3.05) is 17.3 Å². The minimum absolute atomic E-state index is 0.269. The van der Waals surface area contributed by atoms with E-state index in [0.717, 1.165) is 17.1 Å². The molecule has 1 aromatic rings. The molecule has 0 saturated carbocycles. The first-order valence-electron chi connectivity index (χ1n) is 7.41. The summed E-state index contributed by atoms with van der Waals surface area (Å²) < 4.78 is 0. The summed E-state index contributed by atoms with van der Waals surface area (Å²) in [5, 5.41) is 11.8. The molecule has 4 nitrogen and oxygen atoms in total. The van der Waals surface area contributed by atoms with Crippen LogP contribution >= 0.6 is 36.2 Å². The van der Waals surface area contributed by atoms with E-state index in [4.69, 9.17) is 0 Å². The number of amides is 1. The highest BCUT2D eigenvalue weighted by Crippen LogP contribution is 2.20. The number of thioether (sulfide) groups is 2.